The predicted octanol–water partition coefficient (Wildman–Crippen LogP) is 1.51. The number of aromatic nitrogens is 4. The van der Waals surface area contributed by atoms with E-state index in [2.05, 4.69) is 28.8 Å². The average Bonchev–Trinajstić information content (AvgIpc) is 3.07. The Labute approximate surface area is 158 Å². The number of aliphatic hydroxyl groups excluding tert-OH is 1. The summed E-state index contributed by atoms with van der Waals surface area (Å²) in [5.41, 5.74) is 7.70. The first-order chi connectivity index (χ1) is 11.4. The van der Waals surface area contributed by atoms with Gasteiger partial charge in [-0.3, -0.25) is 4.79 Å². The number of H-pyrrole nitrogens is 1. The summed E-state index contributed by atoms with van der Waals surface area (Å²) in [4.78, 5) is 22.3. The zero-order valence-corrected chi connectivity index (χ0v) is 16.7. The van der Waals surface area contributed by atoms with Crippen molar-refractivity contribution in [1.82, 2.24) is 19.5 Å². The molecule has 1 radical (unpaired) electrons. The number of hydrogen-bond donors (Lipinski definition) is 2. The van der Waals surface area contributed by atoms with E-state index in [1.165, 1.54) is 0 Å². The molecule has 0 saturated carbocycles. The molecule has 4 rings (SSSR count). The number of fused-ring (bicyclic) bond motifs is 2. The van der Waals surface area contributed by atoms with Crippen molar-refractivity contribution in [2.75, 3.05) is 13.7 Å². The summed E-state index contributed by atoms with van der Waals surface area (Å²) in [5, 5.41) is 7.00. The Morgan fingerprint density at radius 1 is 1.44 bits per heavy atom. The molecule has 0 bridgehead atoms. The molecule has 4 heterocycles. The summed E-state index contributed by atoms with van der Waals surface area (Å²) in [6.45, 7) is 4.72. The fraction of sp³-hybridized carbons (Fsp3) is 0.667. The van der Waals surface area contributed by atoms with E-state index in [4.69, 9.17) is 20.3 Å². The molecule has 0 amide bonds. The monoisotopic (exact) mass is 529 g/mol. The number of hydrogen-bond acceptors (Lipinski definition) is 6. The van der Waals surface area contributed by atoms with Crippen LogP contribution in [0.4, 0.5) is 5.95 Å². The molecule has 141 valence electrons. The minimum Gasteiger partial charge on any atom is -0.411 e. The van der Waals surface area contributed by atoms with Crippen molar-refractivity contribution < 1.29 is 34.7 Å². The van der Waals surface area contributed by atoms with Crippen molar-refractivity contribution in [2.45, 2.75) is 44.6 Å². The maximum atomic E-state index is 11.8. The Kier molecular flexibility index (Phi) is 6.01. The standard InChI is InChI=1S/C14H19N5O3.CH4O.Ir/c1-14(2)4-7-3-9(21-5-8(7)22-14)19-6-16-10-11(19)17-13(15)18-12(10)20;1-2;/h6-9H,3-5H2,1-2H3,(H3,15,17,18,20);2H,1H3;/p-1. The molecule has 2 aliphatic rings. The van der Waals surface area contributed by atoms with Gasteiger partial charge in [-0.25, -0.2) is 4.98 Å². The van der Waals surface area contributed by atoms with Gasteiger partial charge in [-0.1, -0.05) is 0 Å². The van der Waals surface area contributed by atoms with Crippen LogP contribution in [0.2, 0.25) is 0 Å². The molecule has 0 aliphatic carbocycles. The summed E-state index contributed by atoms with van der Waals surface area (Å²) < 4.78 is 13.6. The molecule has 9 nitrogen and oxygen atoms in total. The number of imidazole rings is 1. The summed E-state index contributed by atoms with van der Waals surface area (Å²) in [6, 6.07) is 0. The fourth-order valence-electron chi connectivity index (χ4n) is 3.59. The van der Waals surface area contributed by atoms with Gasteiger partial charge in [0.1, 0.15) is 11.7 Å². The zero-order chi connectivity index (χ0) is 17.5. The number of aliphatic hydroxyl groups is 1. The van der Waals surface area contributed by atoms with Crippen LogP contribution in [-0.2, 0) is 29.6 Å². The van der Waals surface area contributed by atoms with Crippen LogP contribution in [0.3, 0.4) is 0 Å². The summed E-state index contributed by atoms with van der Waals surface area (Å²) in [7, 11) is 1.00. The molecule has 25 heavy (non-hydrogen) atoms. The average molecular weight is 529 g/mol. The van der Waals surface area contributed by atoms with Gasteiger partial charge in [-0.05, 0) is 32.6 Å². The molecule has 2 aliphatic heterocycles. The van der Waals surface area contributed by atoms with E-state index in [-0.39, 0.29) is 49.5 Å². The van der Waals surface area contributed by atoms with Crippen LogP contribution in [0.5, 0.6) is 0 Å². The largest absolute Gasteiger partial charge is 0.411 e. The van der Waals surface area contributed by atoms with Crippen LogP contribution >= 0.6 is 0 Å². The third-order valence-corrected chi connectivity index (χ3v) is 4.45. The molecule has 2 saturated heterocycles. The van der Waals surface area contributed by atoms with E-state index in [0.717, 1.165) is 20.0 Å². The molecule has 3 unspecified atom stereocenters. The van der Waals surface area contributed by atoms with Crippen molar-refractivity contribution >= 4 is 17.1 Å². The molecular weight excluding hydrogens is 506 g/mol. The molecule has 2 aromatic heterocycles. The topological polar surface area (TPSA) is 126 Å². The van der Waals surface area contributed by atoms with Gasteiger partial charge in [0.2, 0.25) is 5.56 Å². The van der Waals surface area contributed by atoms with Crippen LogP contribution in [0.1, 0.15) is 32.9 Å². The summed E-state index contributed by atoms with van der Waals surface area (Å²) in [6.07, 6.45) is 3.25. The number of ether oxygens (including phenoxy) is 2. The summed E-state index contributed by atoms with van der Waals surface area (Å²) in [5.74, 6) is 0.252. The van der Waals surface area contributed by atoms with Gasteiger partial charge >= 0.3 is 0 Å². The smallest absolute Gasteiger partial charge is 0.222 e. The normalized spacial score (nSPS) is 27.1. The molecule has 3 N–H and O–H groups in total. The molecular formula is C15H22IrN5O4-. The van der Waals surface area contributed by atoms with Crippen molar-refractivity contribution in [1.29, 1.82) is 0 Å². The fourth-order valence-corrected chi connectivity index (χ4v) is 3.59. The second-order valence-electron chi connectivity index (χ2n) is 6.64. The molecule has 3 atom stereocenters. The quantitative estimate of drug-likeness (QED) is 0.578. The number of rotatable bonds is 1. The molecule has 2 fully saturated rings. The Bertz CT molecular complexity index is 790. The van der Waals surface area contributed by atoms with E-state index >= 15 is 0 Å². The van der Waals surface area contributed by atoms with E-state index < -0.39 is 5.56 Å². The van der Waals surface area contributed by atoms with Gasteiger partial charge in [0.25, 0.3) is 0 Å². The molecule has 2 aromatic rings. The van der Waals surface area contributed by atoms with Crippen LogP contribution < -0.4 is 5.56 Å². The number of nitrogens with zero attached hydrogens (tertiary/aromatic N) is 3. The van der Waals surface area contributed by atoms with Gasteiger partial charge in [0.05, 0.1) is 30.3 Å². The SMILES string of the molecule is CC1(C)CC2CC(n3cnc4c(=O)[nH]c([NH-])nc43)OCC2O1.CO.[Ir]. The van der Waals surface area contributed by atoms with Crippen molar-refractivity contribution in [3.05, 3.63) is 22.4 Å². The third-order valence-electron chi connectivity index (χ3n) is 4.45. The van der Waals surface area contributed by atoms with E-state index in [0.29, 0.717) is 18.2 Å². The van der Waals surface area contributed by atoms with E-state index in [1.807, 2.05) is 0 Å². The molecule has 0 spiro atoms. The van der Waals surface area contributed by atoms with Crippen LogP contribution in [0.25, 0.3) is 16.9 Å². The summed E-state index contributed by atoms with van der Waals surface area (Å²) >= 11 is 0. The van der Waals surface area contributed by atoms with Gasteiger partial charge in [0.15, 0.2) is 0 Å². The maximum absolute atomic E-state index is 11.8. The van der Waals surface area contributed by atoms with Gasteiger partial charge in [-0.15, -0.1) is 0 Å². The first-order valence-corrected chi connectivity index (χ1v) is 7.85. The molecule has 0 aromatic carbocycles. The Morgan fingerprint density at radius 2 is 2.16 bits per heavy atom. The van der Waals surface area contributed by atoms with Gasteiger partial charge < -0.3 is 34.8 Å². The molecule has 10 heteroatoms. The van der Waals surface area contributed by atoms with Crippen molar-refractivity contribution in [3.63, 3.8) is 0 Å². The Balaban J connectivity index is 0.000000726. The van der Waals surface area contributed by atoms with Crippen LogP contribution in [0.15, 0.2) is 11.1 Å². The van der Waals surface area contributed by atoms with E-state index in [1.54, 1.807) is 10.9 Å². The van der Waals surface area contributed by atoms with Gasteiger partial charge in [0, 0.05) is 33.2 Å². The Morgan fingerprint density at radius 3 is 2.88 bits per heavy atom. The van der Waals surface area contributed by atoms with Crippen LogP contribution in [-0.4, -0.2) is 50.0 Å². The van der Waals surface area contributed by atoms with Gasteiger partial charge in [-0.2, -0.15) is 0 Å². The second-order valence-corrected chi connectivity index (χ2v) is 6.64. The third kappa shape index (κ3) is 3.78. The number of aromatic amines is 1. The van der Waals surface area contributed by atoms with E-state index in [9.17, 15) is 4.79 Å². The zero-order valence-electron chi connectivity index (χ0n) is 14.3. The van der Waals surface area contributed by atoms with Crippen molar-refractivity contribution in [2.24, 2.45) is 5.92 Å². The second kappa shape index (κ2) is 7.51. The minimum absolute atomic E-state index is 0. The predicted molar refractivity (Wildman–Crippen MR) is 86.9 cm³/mol. The Hall–Kier alpha value is -1.32. The minimum atomic E-state index is -0.396. The number of nitrogens with one attached hydrogen (secondary N) is 2. The van der Waals surface area contributed by atoms with Crippen LogP contribution in [0, 0.1) is 5.92 Å². The first kappa shape index (κ1) is 20.0. The maximum Gasteiger partial charge on any atom is 0.222 e. The van der Waals surface area contributed by atoms with Crippen molar-refractivity contribution in [3.8, 4) is 0 Å². The first-order valence-electron chi connectivity index (χ1n) is 7.85.